The molecule has 0 bridgehead atoms. The van der Waals surface area contributed by atoms with Crippen LogP contribution in [0.15, 0.2) is 42.5 Å². The lowest BCUT2D eigenvalue weighted by Crippen LogP contribution is -2.48. The molecule has 1 saturated heterocycles. The number of carbonyl (C=O) groups excluding carboxylic acids is 1. The summed E-state index contributed by atoms with van der Waals surface area (Å²) in [6.45, 7) is 4.18. The summed E-state index contributed by atoms with van der Waals surface area (Å²) in [6.07, 6.45) is 0. The van der Waals surface area contributed by atoms with E-state index in [1.807, 2.05) is 0 Å². The van der Waals surface area contributed by atoms with Crippen LogP contribution in [0.3, 0.4) is 0 Å². The number of benzene rings is 2. The number of hydrogen-bond donors (Lipinski definition) is 1. The van der Waals surface area contributed by atoms with Crippen molar-refractivity contribution in [2.75, 3.05) is 38.0 Å². The van der Waals surface area contributed by atoms with Crippen LogP contribution in [0.5, 0.6) is 0 Å². The van der Waals surface area contributed by atoms with E-state index in [2.05, 4.69) is 15.1 Å². The predicted molar refractivity (Wildman–Crippen MR) is 98.2 cm³/mol. The molecule has 0 unspecified atom stereocenters. The molecular formula is C19H20ClF2N3O. The van der Waals surface area contributed by atoms with Gasteiger partial charge in [0, 0.05) is 38.4 Å². The number of rotatable bonds is 5. The number of amides is 1. The highest BCUT2D eigenvalue weighted by Gasteiger charge is 2.19. The van der Waals surface area contributed by atoms with Gasteiger partial charge in [0.1, 0.15) is 11.6 Å². The number of nitrogens with zero attached hydrogens (tertiary/aromatic N) is 2. The normalized spacial score (nSPS) is 15.8. The highest BCUT2D eigenvalue weighted by atomic mass is 35.5. The summed E-state index contributed by atoms with van der Waals surface area (Å²) in [5, 5.41) is 2.91. The second-order valence-corrected chi connectivity index (χ2v) is 6.76. The molecule has 4 nitrogen and oxygen atoms in total. The van der Waals surface area contributed by atoms with Gasteiger partial charge in [-0.15, -0.1) is 0 Å². The Balaban J connectivity index is 1.43. The van der Waals surface area contributed by atoms with Gasteiger partial charge in [-0.25, -0.2) is 8.78 Å². The number of halogens is 3. The molecule has 0 atom stereocenters. The van der Waals surface area contributed by atoms with Crippen LogP contribution in [0, 0.1) is 11.6 Å². The minimum Gasteiger partial charge on any atom is -0.325 e. The second kappa shape index (κ2) is 8.58. The molecule has 1 aliphatic heterocycles. The summed E-state index contributed by atoms with van der Waals surface area (Å²) in [4.78, 5) is 16.4. The SMILES string of the molecule is O=C(CN1CCN(Cc2ccc(F)c(Cl)c2)CC1)Nc1ccc(F)cc1. The summed E-state index contributed by atoms with van der Waals surface area (Å²) in [7, 11) is 0. The minimum atomic E-state index is -0.410. The lowest BCUT2D eigenvalue weighted by Gasteiger charge is -2.34. The molecular weight excluding hydrogens is 360 g/mol. The Bertz CT molecular complexity index is 762. The van der Waals surface area contributed by atoms with E-state index >= 15 is 0 Å². The second-order valence-electron chi connectivity index (χ2n) is 6.36. The topological polar surface area (TPSA) is 35.6 Å². The molecule has 0 radical (unpaired) electrons. The van der Waals surface area contributed by atoms with Crippen molar-refractivity contribution < 1.29 is 13.6 Å². The third-order valence-corrected chi connectivity index (χ3v) is 4.64. The van der Waals surface area contributed by atoms with Gasteiger partial charge >= 0.3 is 0 Å². The van der Waals surface area contributed by atoms with Gasteiger partial charge in [0.15, 0.2) is 0 Å². The van der Waals surface area contributed by atoms with Gasteiger partial charge in [-0.05, 0) is 42.0 Å². The van der Waals surface area contributed by atoms with E-state index in [9.17, 15) is 13.6 Å². The number of nitrogens with one attached hydrogen (secondary N) is 1. The fraction of sp³-hybridized carbons (Fsp3) is 0.316. The molecule has 1 amide bonds. The van der Waals surface area contributed by atoms with Crippen LogP contribution in [-0.4, -0.2) is 48.4 Å². The quantitative estimate of drug-likeness (QED) is 0.865. The third kappa shape index (κ3) is 5.24. The predicted octanol–water partition coefficient (Wildman–Crippen LogP) is 3.37. The average molecular weight is 380 g/mol. The molecule has 1 fully saturated rings. The largest absolute Gasteiger partial charge is 0.325 e. The fourth-order valence-corrected chi connectivity index (χ4v) is 3.14. The van der Waals surface area contributed by atoms with Crippen molar-refractivity contribution in [2.24, 2.45) is 0 Å². The zero-order chi connectivity index (χ0) is 18.5. The van der Waals surface area contributed by atoms with Crippen LogP contribution in [0.4, 0.5) is 14.5 Å². The first-order valence-corrected chi connectivity index (χ1v) is 8.81. The van der Waals surface area contributed by atoms with Crippen LogP contribution in [0.1, 0.15) is 5.56 Å². The number of hydrogen-bond acceptors (Lipinski definition) is 3. The van der Waals surface area contributed by atoms with Gasteiger partial charge in [0.2, 0.25) is 5.91 Å². The van der Waals surface area contributed by atoms with Crippen molar-refractivity contribution in [1.82, 2.24) is 9.80 Å². The molecule has 0 spiro atoms. The van der Waals surface area contributed by atoms with Gasteiger partial charge < -0.3 is 5.32 Å². The van der Waals surface area contributed by atoms with E-state index in [0.29, 0.717) is 18.8 Å². The van der Waals surface area contributed by atoms with Crippen molar-refractivity contribution >= 4 is 23.2 Å². The first-order valence-electron chi connectivity index (χ1n) is 8.43. The van der Waals surface area contributed by atoms with Crippen molar-refractivity contribution in [1.29, 1.82) is 0 Å². The van der Waals surface area contributed by atoms with Crippen molar-refractivity contribution in [2.45, 2.75) is 6.54 Å². The number of carbonyl (C=O) groups is 1. The minimum absolute atomic E-state index is 0.115. The van der Waals surface area contributed by atoms with E-state index in [0.717, 1.165) is 31.7 Å². The Labute approximate surface area is 156 Å². The van der Waals surface area contributed by atoms with E-state index in [4.69, 9.17) is 11.6 Å². The number of piperazine rings is 1. The Kier molecular flexibility index (Phi) is 6.19. The summed E-state index contributed by atoms with van der Waals surface area (Å²) in [5.74, 6) is -0.857. The lowest BCUT2D eigenvalue weighted by molar-refractivity contribution is -0.117. The Hall–Kier alpha value is -2.02. The van der Waals surface area contributed by atoms with Gasteiger partial charge in [0.05, 0.1) is 11.6 Å². The first-order chi connectivity index (χ1) is 12.5. The maximum atomic E-state index is 13.2. The van der Waals surface area contributed by atoms with E-state index in [1.165, 1.54) is 18.2 Å². The fourth-order valence-electron chi connectivity index (χ4n) is 2.94. The van der Waals surface area contributed by atoms with Crippen molar-refractivity contribution in [3.05, 3.63) is 64.7 Å². The Morgan fingerprint density at radius 1 is 1.00 bits per heavy atom. The molecule has 1 N–H and O–H groups in total. The van der Waals surface area contributed by atoms with E-state index in [1.54, 1.807) is 24.3 Å². The van der Waals surface area contributed by atoms with Gasteiger partial charge in [-0.1, -0.05) is 17.7 Å². The monoisotopic (exact) mass is 379 g/mol. The molecule has 26 heavy (non-hydrogen) atoms. The summed E-state index contributed by atoms with van der Waals surface area (Å²) in [6, 6.07) is 10.5. The van der Waals surface area contributed by atoms with Crippen LogP contribution >= 0.6 is 11.6 Å². The van der Waals surface area contributed by atoms with Crippen molar-refractivity contribution in [3.8, 4) is 0 Å². The van der Waals surface area contributed by atoms with E-state index in [-0.39, 0.29) is 16.7 Å². The van der Waals surface area contributed by atoms with Gasteiger partial charge in [0.25, 0.3) is 0 Å². The van der Waals surface area contributed by atoms with E-state index < -0.39 is 5.82 Å². The highest BCUT2D eigenvalue weighted by molar-refractivity contribution is 6.30. The van der Waals surface area contributed by atoms with Gasteiger partial charge in [-0.3, -0.25) is 14.6 Å². The Morgan fingerprint density at radius 3 is 2.31 bits per heavy atom. The highest BCUT2D eigenvalue weighted by Crippen LogP contribution is 2.18. The zero-order valence-corrected chi connectivity index (χ0v) is 15.0. The Morgan fingerprint density at radius 2 is 1.65 bits per heavy atom. The smallest absolute Gasteiger partial charge is 0.238 e. The maximum Gasteiger partial charge on any atom is 0.238 e. The molecule has 0 saturated carbocycles. The lowest BCUT2D eigenvalue weighted by atomic mass is 10.2. The van der Waals surface area contributed by atoms with Crippen LogP contribution in [0.25, 0.3) is 0 Å². The van der Waals surface area contributed by atoms with Gasteiger partial charge in [-0.2, -0.15) is 0 Å². The molecule has 1 heterocycles. The summed E-state index contributed by atoms with van der Waals surface area (Å²) >= 11 is 5.82. The third-order valence-electron chi connectivity index (χ3n) is 4.35. The molecule has 2 aromatic rings. The molecule has 3 rings (SSSR count). The average Bonchev–Trinajstić information content (AvgIpc) is 2.62. The summed E-state index contributed by atoms with van der Waals surface area (Å²) < 4.78 is 26.1. The van der Waals surface area contributed by atoms with Crippen LogP contribution in [-0.2, 0) is 11.3 Å². The molecule has 2 aromatic carbocycles. The zero-order valence-electron chi connectivity index (χ0n) is 14.2. The molecule has 0 aromatic heterocycles. The number of anilines is 1. The molecule has 0 aliphatic carbocycles. The first kappa shape index (κ1) is 18.8. The van der Waals surface area contributed by atoms with Crippen LogP contribution in [0.2, 0.25) is 5.02 Å². The molecule has 138 valence electrons. The summed E-state index contributed by atoms with van der Waals surface area (Å²) in [5.41, 5.74) is 1.56. The molecule has 7 heteroatoms. The van der Waals surface area contributed by atoms with Crippen LogP contribution < -0.4 is 5.32 Å². The molecule has 1 aliphatic rings. The van der Waals surface area contributed by atoms with Crippen molar-refractivity contribution in [3.63, 3.8) is 0 Å². The maximum absolute atomic E-state index is 13.2. The standard InChI is InChI=1S/C19H20ClF2N3O/c20-17-11-14(1-6-18(17)22)12-24-7-9-25(10-8-24)13-19(26)23-16-4-2-15(21)3-5-16/h1-6,11H,7-10,12-13H2,(H,23,26).